The van der Waals surface area contributed by atoms with Crippen LogP contribution < -0.4 is 0 Å². The number of halogens is 1. The molecular formula is C16H10BrNO2. The first-order valence-corrected chi connectivity index (χ1v) is 6.89. The van der Waals surface area contributed by atoms with Crippen molar-refractivity contribution in [2.45, 2.75) is 0 Å². The quantitative estimate of drug-likeness (QED) is 0.481. The lowest BCUT2D eigenvalue weighted by Crippen LogP contribution is -1.92. The molecule has 3 nitrogen and oxygen atoms in total. The second-order valence-electron chi connectivity index (χ2n) is 4.42. The number of nitro groups is 1. The number of nitrogens with zero attached hydrogens (tertiary/aromatic N) is 1. The van der Waals surface area contributed by atoms with Crippen LogP contribution in [0.25, 0.3) is 21.9 Å². The van der Waals surface area contributed by atoms with Crippen molar-refractivity contribution in [1.82, 2.24) is 0 Å². The van der Waals surface area contributed by atoms with Crippen molar-refractivity contribution in [2.24, 2.45) is 0 Å². The Morgan fingerprint density at radius 3 is 2.25 bits per heavy atom. The van der Waals surface area contributed by atoms with Crippen LogP contribution in [0.1, 0.15) is 0 Å². The van der Waals surface area contributed by atoms with Crippen molar-refractivity contribution in [3.63, 3.8) is 0 Å². The van der Waals surface area contributed by atoms with Crippen molar-refractivity contribution in [2.75, 3.05) is 0 Å². The summed E-state index contributed by atoms with van der Waals surface area (Å²) in [5.41, 5.74) is 1.62. The number of rotatable bonds is 2. The molecule has 0 aliphatic carbocycles. The maximum absolute atomic E-state index is 11.2. The van der Waals surface area contributed by atoms with Gasteiger partial charge in [0.15, 0.2) is 0 Å². The van der Waals surface area contributed by atoms with Gasteiger partial charge in [-0.3, -0.25) is 10.1 Å². The molecule has 3 rings (SSSR count). The summed E-state index contributed by atoms with van der Waals surface area (Å²) in [5, 5.41) is 13.3. The number of nitro benzene ring substituents is 1. The second-order valence-corrected chi connectivity index (χ2v) is 5.27. The average Bonchev–Trinajstić information content (AvgIpc) is 2.47. The Kier molecular flexibility index (Phi) is 3.24. The molecule has 98 valence electrons. The van der Waals surface area contributed by atoms with E-state index in [1.165, 1.54) is 6.07 Å². The summed E-state index contributed by atoms with van der Waals surface area (Å²) in [6.07, 6.45) is 0. The zero-order valence-corrected chi connectivity index (χ0v) is 12.0. The van der Waals surface area contributed by atoms with E-state index in [2.05, 4.69) is 15.9 Å². The Hall–Kier alpha value is -2.20. The molecule has 3 aromatic carbocycles. The zero-order chi connectivity index (χ0) is 14.1. The average molecular weight is 328 g/mol. The van der Waals surface area contributed by atoms with E-state index < -0.39 is 0 Å². The Morgan fingerprint density at radius 1 is 0.850 bits per heavy atom. The van der Waals surface area contributed by atoms with Crippen LogP contribution in [0.2, 0.25) is 0 Å². The molecule has 0 aliphatic heterocycles. The maximum Gasteiger partial charge on any atom is 0.277 e. The monoisotopic (exact) mass is 327 g/mol. The van der Waals surface area contributed by atoms with Crippen molar-refractivity contribution >= 4 is 32.4 Å². The lowest BCUT2D eigenvalue weighted by atomic mass is 9.97. The third kappa shape index (κ3) is 2.08. The molecule has 0 saturated carbocycles. The van der Waals surface area contributed by atoms with Gasteiger partial charge in [-0.2, -0.15) is 0 Å². The molecule has 0 aliphatic rings. The Morgan fingerprint density at radius 2 is 1.50 bits per heavy atom. The molecule has 0 saturated heterocycles. The molecule has 0 aromatic heterocycles. The molecule has 3 aromatic rings. The van der Waals surface area contributed by atoms with Gasteiger partial charge in [0.2, 0.25) is 0 Å². The number of hydrogen-bond donors (Lipinski definition) is 0. The third-order valence-corrected chi connectivity index (χ3v) is 3.91. The lowest BCUT2D eigenvalue weighted by Gasteiger charge is -2.09. The van der Waals surface area contributed by atoms with E-state index in [0.717, 1.165) is 20.8 Å². The van der Waals surface area contributed by atoms with Crippen LogP contribution in [0.3, 0.4) is 0 Å². The molecule has 0 amide bonds. The Labute approximate surface area is 124 Å². The topological polar surface area (TPSA) is 43.1 Å². The zero-order valence-electron chi connectivity index (χ0n) is 10.4. The molecule has 0 unspecified atom stereocenters. The van der Waals surface area contributed by atoms with E-state index in [1.54, 1.807) is 12.1 Å². The van der Waals surface area contributed by atoms with Crippen molar-refractivity contribution in [3.05, 3.63) is 75.3 Å². The van der Waals surface area contributed by atoms with E-state index in [0.29, 0.717) is 5.56 Å². The number of para-hydroxylation sites is 1. The molecular weight excluding hydrogens is 318 g/mol. The molecule has 0 bridgehead atoms. The summed E-state index contributed by atoms with van der Waals surface area (Å²) < 4.78 is 0.934. The van der Waals surface area contributed by atoms with Crippen LogP contribution in [0, 0.1) is 10.1 Å². The van der Waals surface area contributed by atoms with Gasteiger partial charge in [-0.15, -0.1) is 0 Å². The molecule has 4 heteroatoms. The molecule has 0 spiro atoms. The van der Waals surface area contributed by atoms with E-state index >= 15 is 0 Å². The summed E-state index contributed by atoms with van der Waals surface area (Å²) in [5.74, 6) is 0. The molecule has 0 fully saturated rings. The maximum atomic E-state index is 11.2. The predicted molar refractivity (Wildman–Crippen MR) is 83.7 cm³/mol. The Bertz CT molecular complexity index is 809. The van der Waals surface area contributed by atoms with Crippen molar-refractivity contribution < 1.29 is 4.92 Å². The highest BCUT2D eigenvalue weighted by atomic mass is 79.9. The second kappa shape index (κ2) is 5.06. The summed E-state index contributed by atoms with van der Waals surface area (Å²) in [6.45, 7) is 0. The van der Waals surface area contributed by atoms with E-state index in [9.17, 15) is 10.1 Å². The van der Waals surface area contributed by atoms with Crippen molar-refractivity contribution in [1.29, 1.82) is 0 Å². The smallest absolute Gasteiger partial charge is 0.258 e. The van der Waals surface area contributed by atoms with Gasteiger partial charge in [-0.05, 0) is 23.1 Å². The van der Waals surface area contributed by atoms with Gasteiger partial charge in [0.1, 0.15) is 0 Å². The van der Waals surface area contributed by atoms with Gasteiger partial charge < -0.3 is 0 Å². The summed E-state index contributed by atoms with van der Waals surface area (Å²) in [4.78, 5) is 10.9. The van der Waals surface area contributed by atoms with E-state index in [1.807, 2.05) is 42.5 Å². The van der Waals surface area contributed by atoms with Gasteiger partial charge in [0.05, 0.1) is 10.5 Å². The number of hydrogen-bond acceptors (Lipinski definition) is 2. The standard InChI is InChI=1S/C16H10BrNO2/c17-14-9-4-6-11-5-3-8-13(16(11)14)12-7-1-2-10-15(12)18(19)20/h1-10H. The van der Waals surface area contributed by atoms with Crippen LogP contribution >= 0.6 is 15.9 Å². The SMILES string of the molecule is O=[N+]([O-])c1ccccc1-c1cccc2cccc(Br)c12. The fraction of sp³-hybridized carbons (Fsp3) is 0. The predicted octanol–water partition coefficient (Wildman–Crippen LogP) is 5.18. The molecule has 0 heterocycles. The van der Waals surface area contributed by atoms with Crippen LogP contribution in [0.4, 0.5) is 5.69 Å². The van der Waals surface area contributed by atoms with Gasteiger partial charge in [-0.25, -0.2) is 0 Å². The van der Waals surface area contributed by atoms with E-state index in [4.69, 9.17) is 0 Å². The van der Waals surface area contributed by atoms with Crippen molar-refractivity contribution in [3.8, 4) is 11.1 Å². The lowest BCUT2D eigenvalue weighted by molar-refractivity contribution is -0.384. The van der Waals surface area contributed by atoms with E-state index in [-0.39, 0.29) is 10.6 Å². The van der Waals surface area contributed by atoms with Crippen LogP contribution in [-0.2, 0) is 0 Å². The number of benzene rings is 3. The fourth-order valence-corrected chi connectivity index (χ4v) is 2.98. The summed E-state index contributed by atoms with van der Waals surface area (Å²) >= 11 is 3.54. The molecule has 20 heavy (non-hydrogen) atoms. The molecule has 0 radical (unpaired) electrons. The summed E-state index contributed by atoms with van der Waals surface area (Å²) in [7, 11) is 0. The van der Waals surface area contributed by atoms with Gasteiger partial charge >= 0.3 is 0 Å². The minimum atomic E-state index is -0.342. The molecule has 0 atom stereocenters. The van der Waals surface area contributed by atoms with Crippen LogP contribution in [0.5, 0.6) is 0 Å². The Balaban J connectivity index is 2.39. The first kappa shape index (κ1) is 12.8. The molecule has 0 N–H and O–H groups in total. The largest absolute Gasteiger partial charge is 0.277 e. The van der Waals surface area contributed by atoms with Gasteiger partial charge in [0.25, 0.3) is 5.69 Å². The summed E-state index contributed by atoms with van der Waals surface area (Å²) in [6, 6.07) is 18.5. The van der Waals surface area contributed by atoms with Crippen LogP contribution in [-0.4, -0.2) is 4.92 Å². The first-order chi connectivity index (χ1) is 9.68. The first-order valence-electron chi connectivity index (χ1n) is 6.09. The van der Waals surface area contributed by atoms with Gasteiger partial charge in [-0.1, -0.05) is 58.4 Å². The number of fused-ring (bicyclic) bond motifs is 1. The third-order valence-electron chi connectivity index (χ3n) is 3.24. The minimum Gasteiger partial charge on any atom is -0.258 e. The highest BCUT2D eigenvalue weighted by molar-refractivity contribution is 9.10. The highest BCUT2D eigenvalue weighted by Crippen LogP contribution is 2.37. The van der Waals surface area contributed by atoms with Gasteiger partial charge in [0, 0.05) is 15.9 Å². The normalized spacial score (nSPS) is 10.7. The highest BCUT2D eigenvalue weighted by Gasteiger charge is 2.16. The minimum absolute atomic E-state index is 0.121. The fourth-order valence-electron chi connectivity index (χ4n) is 2.38. The van der Waals surface area contributed by atoms with Crippen LogP contribution in [0.15, 0.2) is 65.1 Å².